The lowest BCUT2D eigenvalue weighted by Gasteiger charge is -2.28. The zero-order valence-electron chi connectivity index (χ0n) is 16.3. The first-order valence-corrected chi connectivity index (χ1v) is 9.66. The van der Waals surface area contributed by atoms with Crippen molar-refractivity contribution in [3.05, 3.63) is 83.1 Å². The number of aryl methyl sites for hydroxylation is 1. The Morgan fingerprint density at radius 2 is 1.71 bits per heavy atom. The van der Waals surface area contributed by atoms with Gasteiger partial charge in [0.15, 0.2) is 5.11 Å². The van der Waals surface area contributed by atoms with Gasteiger partial charge < -0.3 is 9.52 Å². The summed E-state index contributed by atoms with van der Waals surface area (Å²) in [6.45, 7) is 1.93. The second kappa shape index (κ2) is 8.00. The fraction of sp³-hybridized carbons (Fsp3) is 0.0435. The monoisotopic (exact) mass is 432 g/mol. The number of benzene rings is 2. The molecule has 8 heteroatoms. The van der Waals surface area contributed by atoms with Crippen molar-refractivity contribution >= 4 is 46.9 Å². The van der Waals surface area contributed by atoms with Crippen LogP contribution in [0.3, 0.4) is 0 Å². The molecule has 2 heterocycles. The first kappa shape index (κ1) is 20.2. The second-order valence-electron chi connectivity index (χ2n) is 6.88. The van der Waals surface area contributed by atoms with Crippen LogP contribution in [0, 0.1) is 6.92 Å². The molecule has 0 radical (unpaired) electrons. The molecule has 2 N–H and O–H groups in total. The van der Waals surface area contributed by atoms with Crippen LogP contribution < -0.4 is 10.2 Å². The highest BCUT2D eigenvalue weighted by atomic mass is 32.1. The molecular weight excluding hydrogens is 416 g/mol. The predicted octanol–water partition coefficient (Wildman–Crippen LogP) is 3.78. The Labute approximate surface area is 182 Å². The van der Waals surface area contributed by atoms with Gasteiger partial charge in [0.05, 0.1) is 11.3 Å². The highest BCUT2D eigenvalue weighted by Crippen LogP contribution is 2.26. The molecule has 1 aromatic heterocycles. The Hall–Kier alpha value is -4.04. The molecule has 4 rings (SSSR count). The number of nitrogens with one attached hydrogen (secondary N) is 1. The van der Waals surface area contributed by atoms with Crippen LogP contribution in [0.4, 0.5) is 5.69 Å². The van der Waals surface area contributed by atoms with Crippen molar-refractivity contribution in [1.82, 2.24) is 5.32 Å². The van der Waals surface area contributed by atoms with Crippen molar-refractivity contribution in [3.8, 4) is 11.3 Å². The molecular formula is C23H16N2O5S. The van der Waals surface area contributed by atoms with Crippen molar-refractivity contribution in [3.63, 3.8) is 0 Å². The van der Waals surface area contributed by atoms with E-state index in [0.717, 1.165) is 5.56 Å². The number of rotatable bonds is 4. The molecule has 3 aromatic rings. The number of hydrogen-bond donors (Lipinski definition) is 2. The molecule has 0 atom stereocenters. The molecule has 0 unspecified atom stereocenters. The zero-order valence-corrected chi connectivity index (χ0v) is 17.1. The number of hydrogen-bond acceptors (Lipinski definition) is 5. The molecule has 1 aliphatic rings. The number of furan rings is 1. The van der Waals surface area contributed by atoms with Gasteiger partial charge in [-0.2, -0.15) is 0 Å². The molecule has 154 valence electrons. The topological polar surface area (TPSA) is 99.8 Å². The Balaban J connectivity index is 1.63. The van der Waals surface area contributed by atoms with Gasteiger partial charge >= 0.3 is 5.97 Å². The number of nitrogens with zero attached hydrogens (tertiary/aromatic N) is 1. The molecule has 0 bridgehead atoms. The summed E-state index contributed by atoms with van der Waals surface area (Å²) >= 11 is 5.19. The number of carboxylic acids is 1. The molecule has 1 aliphatic heterocycles. The minimum Gasteiger partial charge on any atom is -0.478 e. The van der Waals surface area contributed by atoms with Crippen molar-refractivity contribution < 1.29 is 23.9 Å². The lowest BCUT2D eigenvalue weighted by Crippen LogP contribution is -2.54. The van der Waals surface area contributed by atoms with Crippen LogP contribution in [0.1, 0.15) is 21.7 Å². The quantitative estimate of drug-likeness (QED) is 0.370. The maximum absolute atomic E-state index is 13.0. The molecule has 2 amide bonds. The van der Waals surface area contributed by atoms with Gasteiger partial charge in [0, 0.05) is 5.56 Å². The van der Waals surface area contributed by atoms with Crippen molar-refractivity contribution in [2.45, 2.75) is 6.92 Å². The molecule has 1 saturated heterocycles. The molecule has 7 nitrogen and oxygen atoms in total. The summed E-state index contributed by atoms with van der Waals surface area (Å²) in [6.07, 6.45) is 1.36. The summed E-state index contributed by atoms with van der Waals surface area (Å²) in [5, 5.41) is 11.5. The van der Waals surface area contributed by atoms with Gasteiger partial charge in [-0.25, -0.2) is 4.79 Å². The van der Waals surface area contributed by atoms with Crippen LogP contribution in [0.5, 0.6) is 0 Å². The van der Waals surface area contributed by atoms with Gasteiger partial charge in [-0.1, -0.05) is 29.8 Å². The van der Waals surface area contributed by atoms with E-state index >= 15 is 0 Å². The van der Waals surface area contributed by atoms with E-state index < -0.39 is 17.8 Å². The van der Waals surface area contributed by atoms with Crippen LogP contribution in [-0.4, -0.2) is 28.0 Å². The van der Waals surface area contributed by atoms with Crippen molar-refractivity contribution in [1.29, 1.82) is 0 Å². The maximum Gasteiger partial charge on any atom is 0.335 e. The van der Waals surface area contributed by atoms with Crippen LogP contribution in [-0.2, 0) is 9.59 Å². The molecule has 0 saturated carbocycles. The average Bonchev–Trinajstić information content (AvgIpc) is 3.21. The van der Waals surface area contributed by atoms with E-state index in [1.54, 1.807) is 36.4 Å². The molecule has 1 fully saturated rings. The van der Waals surface area contributed by atoms with E-state index in [-0.39, 0.29) is 16.2 Å². The summed E-state index contributed by atoms with van der Waals surface area (Å²) in [5.41, 5.74) is 2.28. The third-order valence-corrected chi connectivity index (χ3v) is 5.01. The number of carbonyl (C=O) groups is 3. The van der Waals surface area contributed by atoms with E-state index in [1.807, 2.05) is 19.1 Å². The third-order valence-electron chi connectivity index (χ3n) is 4.72. The minimum absolute atomic E-state index is 0.00894. The summed E-state index contributed by atoms with van der Waals surface area (Å²) in [7, 11) is 0. The fourth-order valence-corrected chi connectivity index (χ4v) is 3.37. The number of carboxylic acid groups (broad SMARTS) is 1. The van der Waals surface area contributed by atoms with Gasteiger partial charge in [-0.05, 0) is 61.6 Å². The lowest BCUT2D eigenvalue weighted by molar-refractivity contribution is -0.122. The van der Waals surface area contributed by atoms with Gasteiger partial charge in [-0.15, -0.1) is 0 Å². The summed E-state index contributed by atoms with van der Waals surface area (Å²) < 4.78 is 5.75. The van der Waals surface area contributed by atoms with Gasteiger partial charge in [0.1, 0.15) is 17.1 Å². The minimum atomic E-state index is -1.02. The summed E-state index contributed by atoms with van der Waals surface area (Å²) in [4.78, 5) is 37.7. The van der Waals surface area contributed by atoms with Gasteiger partial charge in [0.25, 0.3) is 11.8 Å². The third kappa shape index (κ3) is 4.01. The molecule has 0 spiro atoms. The number of thiocarbonyl (C=S) groups is 1. The standard InChI is InChI=1S/C23H16N2O5S/c1-13-2-8-16(9-3-13)25-21(27)18(20(26)24-23(25)31)12-17-10-11-19(30-17)14-4-6-15(7-5-14)22(28)29/h2-12H,1H3,(H,28,29)(H,24,26,31). The van der Waals surface area contributed by atoms with Gasteiger partial charge in [-0.3, -0.25) is 19.8 Å². The Bertz CT molecular complexity index is 1240. The summed E-state index contributed by atoms with van der Waals surface area (Å²) in [6, 6.07) is 16.7. The fourth-order valence-electron chi connectivity index (χ4n) is 3.09. The van der Waals surface area contributed by atoms with E-state index in [9.17, 15) is 14.4 Å². The summed E-state index contributed by atoms with van der Waals surface area (Å²) in [5.74, 6) is -1.41. The molecule has 31 heavy (non-hydrogen) atoms. The molecule has 0 aliphatic carbocycles. The zero-order chi connectivity index (χ0) is 22.1. The molecule has 2 aromatic carbocycles. The smallest absolute Gasteiger partial charge is 0.335 e. The number of carbonyl (C=O) groups excluding carboxylic acids is 2. The van der Waals surface area contributed by atoms with Crippen LogP contribution in [0.15, 0.2) is 70.7 Å². The Morgan fingerprint density at radius 1 is 1.03 bits per heavy atom. The number of amides is 2. The van der Waals surface area contributed by atoms with Crippen LogP contribution >= 0.6 is 12.2 Å². The van der Waals surface area contributed by atoms with E-state index in [0.29, 0.717) is 22.8 Å². The highest BCUT2D eigenvalue weighted by Gasteiger charge is 2.34. The van der Waals surface area contributed by atoms with Crippen LogP contribution in [0.2, 0.25) is 0 Å². The van der Waals surface area contributed by atoms with Crippen LogP contribution in [0.25, 0.3) is 17.4 Å². The first-order valence-electron chi connectivity index (χ1n) is 9.25. The largest absolute Gasteiger partial charge is 0.478 e. The number of anilines is 1. The van der Waals surface area contributed by atoms with Crippen molar-refractivity contribution in [2.75, 3.05) is 4.90 Å². The predicted molar refractivity (Wildman–Crippen MR) is 118 cm³/mol. The van der Waals surface area contributed by atoms with Gasteiger partial charge in [0.2, 0.25) is 0 Å². The Morgan fingerprint density at radius 3 is 2.35 bits per heavy atom. The lowest BCUT2D eigenvalue weighted by atomic mass is 10.1. The normalized spacial score (nSPS) is 15.3. The Kier molecular flexibility index (Phi) is 5.22. The SMILES string of the molecule is Cc1ccc(N2C(=O)C(=Cc3ccc(-c4ccc(C(=O)O)cc4)o3)C(=O)NC2=S)cc1. The average molecular weight is 432 g/mol. The maximum atomic E-state index is 13.0. The van der Waals surface area contributed by atoms with E-state index in [4.69, 9.17) is 21.7 Å². The number of aromatic carboxylic acids is 1. The van der Waals surface area contributed by atoms with E-state index in [1.165, 1.54) is 23.1 Å². The van der Waals surface area contributed by atoms with E-state index in [2.05, 4.69) is 5.32 Å². The first-order chi connectivity index (χ1) is 14.8. The second-order valence-corrected chi connectivity index (χ2v) is 7.26. The highest BCUT2D eigenvalue weighted by molar-refractivity contribution is 7.80. The van der Waals surface area contributed by atoms with Crippen molar-refractivity contribution in [2.24, 2.45) is 0 Å².